The zero-order valence-corrected chi connectivity index (χ0v) is 9.84. The van der Waals surface area contributed by atoms with Gasteiger partial charge in [-0.3, -0.25) is 9.59 Å². The molecular formula is C11H14ClNO3. The number of aromatic amines is 1. The van der Waals surface area contributed by atoms with Crippen LogP contribution in [0.3, 0.4) is 0 Å². The summed E-state index contributed by atoms with van der Waals surface area (Å²) in [6, 6.07) is 1.17. The van der Waals surface area contributed by atoms with Crippen molar-refractivity contribution in [1.29, 1.82) is 0 Å². The third kappa shape index (κ3) is 4.06. The highest BCUT2D eigenvalue weighted by Gasteiger charge is 2.08. The number of pyridine rings is 1. The van der Waals surface area contributed by atoms with Crippen molar-refractivity contribution in [2.45, 2.75) is 32.6 Å². The lowest BCUT2D eigenvalue weighted by Crippen LogP contribution is -2.11. The second kappa shape index (κ2) is 6.33. The average Bonchev–Trinajstić information content (AvgIpc) is 2.24. The van der Waals surface area contributed by atoms with Crippen LogP contribution in [0.5, 0.6) is 5.75 Å². The molecule has 0 saturated carbocycles. The lowest BCUT2D eigenvalue weighted by Gasteiger charge is -2.04. The predicted molar refractivity (Wildman–Crippen MR) is 61.8 cm³/mol. The van der Waals surface area contributed by atoms with Gasteiger partial charge in [-0.25, -0.2) is 0 Å². The van der Waals surface area contributed by atoms with Gasteiger partial charge in [0.05, 0.1) is 5.02 Å². The molecule has 0 aliphatic heterocycles. The SMILES string of the molecule is CCCCCC(=O)Oc1cc(=O)[nH]cc1Cl. The first-order chi connectivity index (χ1) is 7.63. The van der Waals surface area contributed by atoms with Crippen LogP contribution in [0.25, 0.3) is 0 Å². The Morgan fingerprint density at radius 2 is 2.25 bits per heavy atom. The number of ether oxygens (including phenoxy) is 1. The van der Waals surface area contributed by atoms with E-state index in [1.54, 1.807) is 0 Å². The Balaban J connectivity index is 2.55. The molecule has 0 aliphatic rings. The number of nitrogens with one attached hydrogen (secondary N) is 1. The Morgan fingerprint density at radius 3 is 2.94 bits per heavy atom. The van der Waals surface area contributed by atoms with E-state index in [1.807, 2.05) is 0 Å². The van der Waals surface area contributed by atoms with Gasteiger partial charge in [-0.05, 0) is 6.42 Å². The third-order valence-electron chi connectivity index (χ3n) is 2.05. The maximum atomic E-state index is 11.4. The zero-order valence-electron chi connectivity index (χ0n) is 9.09. The van der Waals surface area contributed by atoms with E-state index in [0.29, 0.717) is 6.42 Å². The topological polar surface area (TPSA) is 59.2 Å². The van der Waals surface area contributed by atoms with Crippen LogP contribution in [0.15, 0.2) is 17.1 Å². The molecule has 1 N–H and O–H groups in total. The van der Waals surface area contributed by atoms with Gasteiger partial charge in [-0.1, -0.05) is 31.4 Å². The Labute approximate surface area is 98.6 Å². The third-order valence-corrected chi connectivity index (χ3v) is 2.34. The molecule has 0 fully saturated rings. The molecule has 0 aromatic carbocycles. The Bertz CT molecular complexity index is 414. The fourth-order valence-electron chi connectivity index (χ4n) is 1.21. The molecule has 88 valence electrons. The fourth-order valence-corrected chi connectivity index (χ4v) is 1.35. The number of hydrogen-bond acceptors (Lipinski definition) is 3. The van der Waals surface area contributed by atoms with Crippen molar-refractivity contribution in [2.24, 2.45) is 0 Å². The summed E-state index contributed by atoms with van der Waals surface area (Å²) in [6.45, 7) is 2.05. The molecule has 4 nitrogen and oxygen atoms in total. The Kier molecular flexibility index (Phi) is 5.05. The van der Waals surface area contributed by atoms with Gasteiger partial charge in [-0.2, -0.15) is 0 Å². The molecule has 16 heavy (non-hydrogen) atoms. The van der Waals surface area contributed by atoms with Gasteiger partial charge < -0.3 is 9.72 Å². The highest BCUT2D eigenvalue weighted by Crippen LogP contribution is 2.21. The second-order valence-electron chi connectivity index (χ2n) is 3.44. The normalized spacial score (nSPS) is 10.1. The van der Waals surface area contributed by atoms with Crippen molar-refractivity contribution in [3.63, 3.8) is 0 Å². The summed E-state index contributed by atoms with van der Waals surface area (Å²) >= 11 is 5.75. The predicted octanol–water partition coefficient (Wildman–Crippen LogP) is 2.51. The van der Waals surface area contributed by atoms with Crippen molar-refractivity contribution in [3.05, 3.63) is 27.6 Å². The van der Waals surface area contributed by atoms with Crippen LogP contribution in [0, 0.1) is 0 Å². The first-order valence-corrected chi connectivity index (χ1v) is 5.60. The Hall–Kier alpha value is -1.29. The van der Waals surface area contributed by atoms with Crippen LogP contribution in [0.2, 0.25) is 5.02 Å². The van der Waals surface area contributed by atoms with Crippen molar-refractivity contribution in [3.8, 4) is 5.75 Å². The van der Waals surface area contributed by atoms with Crippen LogP contribution in [0.4, 0.5) is 0 Å². The number of H-pyrrole nitrogens is 1. The molecule has 0 spiro atoms. The molecular weight excluding hydrogens is 230 g/mol. The summed E-state index contributed by atoms with van der Waals surface area (Å²) in [4.78, 5) is 24.7. The van der Waals surface area contributed by atoms with Gasteiger partial charge in [0, 0.05) is 18.7 Å². The number of halogens is 1. The molecule has 1 aromatic heterocycles. The van der Waals surface area contributed by atoms with Crippen LogP contribution >= 0.6 is 11.6 Å². The minimum Gasteiger partial charge on any atom is -0.425 e. The van der Waals surface area contributed by atoms with E-state index in [0.717, 1.165) is 19.3 Å². The van der Waals surface area contributed by atoms with Gasteiger partial charge >= 0.3 is 5.97 Å². The minimum atomic E-state index is -0.360. The zero-order chi connectivity index (χ0) is 12.0. The summed E-state index contributed by atoms with van der Waals surface area (Å²) in [5.41, 5.74) is -0.347. The van der Waals surface area contributed by atoms with E-state index in [-0.39, 0.29) is 22.3 Å². The van der Waals surface area contributed by atoms with Crippen molar-refractivity contribution < 1.29 is 9.53 Å². The standard InChI is InChI=1S/C11H14ClNO3/c1-2-3-4-5-11(15)16-9-6-10(14)13-7-8(9)12/h6-7H,2-5H2,1H3,(H,13,14). The van der Waals surface area contributed by atoms with Crippen molar-refractivity contribution >= 4 is 17.6 Å². The first-order valence-electron chi connectivity index (χ1n) is 5.22. The van der Waals surface area contributed by atoms with Gasteiger partial charge in [0.1, 0.15) is 0 Å². The average molecular weight is 244 g/mol. The van der Waals surface area contributed by atoms with Gasteiger partial charge in [0.25, 0.3) is 5.56 Å². The molecule has 0 unspecified atom stereocenters. The number of aromatic nitrogens is 1. The van der Waals surface area contributed by atoms with E-state index in [2.05, 4.69) is 11.9 Å². The summed E-state index contributed by atoms with van der Waals surface area (Å²) in [5, 5.41) is 0.225. The molecule has 0 bridgehead atoms. The minimum absolute atomic E-state index is 0.118. The van der Waals surface area contributed by atoms with Crippen molar-refractivity contribution in [2.75, 3.05) is 0 Å². The second-order valence-corrected chi connectivity index (χ2v) is 3.85. The van der Waals surface area contributed by atoms with Crippen molar-refractivity contribution in [1.82, 2.24) is 4.98 Å². The number of unbranched alkanes of at least 4 members (excludes halogenated alkanes) is 2. The smallest absolute Gasteiger partial charge is 0.311 e. The maximum Gasteiger partial charge on any atom is 0.311 e. The molecule has 1 heterocycles. The fraction of sp³-hybridized carbons (Fsp3) is 0.455. The highest BCUT2D eigenvalue weighted by molar-refractivity contribution is 6.32. The number of carbonyl (C=O) groups is 1. The van der Waals surface area contributed by atoms with Gasteiger partial charge in [0.2, 0.25) is 0 Å². The monoisotopic (exact) mass is 243 g/mol. The molecule has 1 aromatic rings. The van der Waals surface area contributed by atoms with Gasteiger partial charge in [0.15, 0.2) is 5.75 Å². The van der Waals surface area contributed by atoms with Gasteiger partial charge in [-0.15, -0.1) is 0 Å². The number of esters is 1. The molecule has 1 rings (SSSR count). The van der Waals surface area contributed by atoms with E-state index in [4.69, 9.17) is 16.3 Å². The van der Waals surface area contributed by atoms with Crippen LogP contribution in [0.1, 0.15) is 32.6 Å². The van der Waals surface area contributed by atoms with E-state index < -0.39 is 0 Å². The molecule has 0 radical (unpaired) electrons. The number of hydrogen-bond donors (Lipinski definition) is 1. The lowest BCUT2D eigenvalue weighted by atomic mass is 10.2. The summed E-state index contributed by atoms with van der Waals surface area (Å²) in [7, 11) is 0. The largest absolute Gasteiger partial charge is 0.425 e. The number of rotatable bonds is 5. The summed E-state index contributed by atoms with van der Waals surface area (Å²) in [6.07, 6.45) is 4.46. The maximum absolute atomic E-state index is 11.4. The van der Waals surface area contributed by atoms with E-state index >= 15 is 0 Å². The van der Waals surface area contributed by atoms with Crippen LogP contribution in [-0.4, -0.2) is 11.0 Å². The van der Waals surface area contributed by atoms with Crippen LogP contribution in [-0.2, 0) is 4.79 Å². The van der Waals surface area contributed by atoms with E-state index in [1.165, 1.54) is 12.3 Å². The number of carbonyl (C=O) groups excluding carboxylic acids is 1. The molecule has 0 aliphatic carbocycles. The summed E-state index contributed by atoms with van der Waals surface area (Å²) in [5.74, 6) is -0.243. The highest BCUT2D eigenvalue weighted by atomic mass is 35.5. The Morgan fingerprint density at radius 1 is 1.50 bits per heavy atom. The van der Waals surface area contributed by atoms with Crippen LogP contribution < -0.4 is 10.3 Å². The van der Waals surface area contributed by atoms with E-state index in [9.17, 15) is 9.59 Å². The first kappa shape index (κ1) is 12.8. The quantitative estimate of drug-likeness (QED) is 0.639. The molecule has 5 heteroatoms. The lowest BCUT2D eigenvalue weighted by molar-refractivity contribution is -0.134. The molecule has 0 saturated heterocycles. The molecule has 0 atom stereocenters. The summed E-state index contributed by atoms with van der Waals surface area (Å²) < 4.78 is 4.98. The molecule has 0 amide bonds.